The molecule has 0 aliphatic heterocycles. The van der Waals surface area contributed by atoms with Crippen molar-refractivity contribution in [1.29, 1.82) is 0 Å². The first-order chi connectivity index (χ1) is 12.5. The van der Waals surface area contributed by atoms with Crippen molar-refractivity contribution in [2.75, 3.05) is 0 Å². The molecule has 1 aromatic carbocycles. The Morgan fingerprint density at radius 2 is 1.74 bits per heavy atom. The minimum absolute atomic E-state index is 0.0845. The van der Waals surface area contributed by atoms with Gasteiger partial charge < -0.3 is 10.2 Å². The molecule has 2 bridgehead atoms. The maximum atomic E-state index is 13.1. The lowest BCUT2D eigenvalue weighted by Gasteiger charge is -2.39. The number of amides is 1. The zero-order valence-corrected chi connectivity index (χ0v) is 17.2. The molecule has 2 saturated carbocycles. The van der Waals surface area contributed by atoms with E-state index in [4.69, 9.17) is 4.84 Å². The second-order valence-corrected chi connectivity index (χ2v) is 9.13. The lowest BCUT2D eigenvalue weighted by Crippen LogP contribution is -2.48. The molecule has 0 radical (unpaired) electrons. The van der Waals surface area contributed by atoms with E-state index in [9.17, 15) is 9.59 Å². The van der Waals surface area contributed by atoms with Gasteiger partial charge in [-0.15, -0.1) is 0 Å². The normalized spacial score (nSPS) is 30.0. The summed E-state index contributed by atoms with van der Waals surface area (Å²) in [5.41, 5.74) is 1.37. The van der Waals surface area contributed by atoms with Crippen molar-refractivity contribution in [3.8, 4) is 0 Å². The van der Waals surface area contributed by atoms with Crippen LogP contribution in [0.25, 0.3) is 0 Å². The second-order valence-electron chi connectivity index (χ2n) is 9.13. The standard InChI is InChI=1S/C22H30N2O3/c1-14(2)23-19(26)22-12-11-21(6,20(22,4)5)17(13-22)24-27-18(25)16-9-7-15(3)8-10-16/h7-10,14H,11-13H2,1-6H3,(H,23,26)/b24-17-. The van der Waals surface area contributed by atoms with Crippen LogP contribution in [0.3, 0.4) is 0 Å². The predicted molar refractivity (Wildman–Crippen MR) is 105 cm³/mol. The molecule has 146 valence electrons. The van der Waals surface area contributed by atoms with Crippen molar-refractivity contribution in [2.45, 2.75) is 66.8 Å². The monoisotopic (exact) mass is 370 g/mol. The first kappa shape index (κ1) is 19.6. The molecule has 1 amide bonds. The van der Waals surface area contributed by atoms with E-state index in [1.165, 1.54) is 0 Å². The minimum atomic E-state index is -0.499. The number of oxime groups is 1. The van der Waals surface area contributed by atoms with E-state index in [1.807, 2.05) is 32.9 Å². The maximum Gasteiger partial charge on any atom is 0.365 e. The van der Waals surface area contributed by atoms with Crippen LogP contribution in [0.4, 0.5) is 0 Å². The number of carbonyl (C=O) groups excluding carboxylic acids is 2. The zero-order valence-electron chi connectivity index (χ0n) is 17.2. The van der Waals surface area contributed by atoms with Crippen LogP contribution in [0.2, 0.25) is 0 Å². The highest BCUT2D eigenvalue weighted by Gasteiger charge is 2.71. The third-order valence-electron chi connectivity index (χ3n) is 7.11. The molecule has 0 saturated heterocycles. The van der Waals surface area contributed by atoms with E-state index >= 15 is 0 Å². The molecule has 2 atom stereocenters. The maximum absolute atomic E-state index is 13.1. The molecule has 27 heavy (non-hydrogen) atoms. The lowest BCUT2D eigenvalue weighted by atomic mass is 9.64. The van der Waals surface area contributed by atoms with Gasteiger partial charge in [0, 0.05) is 17.9 Å². The van der Waals surface area contributed by atoms with Crippen molar-refractivity contribution < 1.29 is 14.4 Å². The van der Waals surface area contributed by atoms with Crippen LogP contribution in [0.5, 0.6) is 0 Å². The van der Waals surface area contributed by atoms with Gasteiger partial charge in [-0.05, 0) is 51.2 Å². The molecule has 5 nitrogen and oxygen atoms in total. The summed E-state index contributed by atoms with van der Waals surface area (Å²) in [6.07, 6.45) is 2.24. The number of benzene rings is 1. The topological polar surface area (TPSA) is 67.8 Å². The van der Waals surface area contributed by atoms with Gasteiger partial charge in [0.2, 0.25) is 5.91 Å². The van der Waals surface area contributed by atoms with Gasteiger partial charge in [0.05, 0.1) is 16.7 Å². The number of carbonyl (C=O) groups is 2. The second kappa shape index (κ2) is 6.47. The van der Waals surface area contributed by atoms with E-state index < -0.39 is 11.4 Å². The Morgan fingerprint density at radius 1 is 1.11 bits per heavy atom. The van der Waals surface area contributed by atoms with Gasteiger partial charge in [0.25, 0.3) is 0 Å². The van der Waals surface area contributed by atoms with E-state index in [1.54, 1.807) is 12.1 Å². The molecule has 3 rings (SSSR count). The highest BCUT2D eigenvalue weighted by atomic mass is 16.7. The fourth-order valence-electron chi connectivity index (χ4n) is 4.76. The average molecular weight is 370 g/mol. The van der Waals surface area contributed by atoms with E-state index in [0.717, 1.165) is 24.1 Å². The minimum Gasteiger partial charge on any atom is -0.353 e. The van der Waals surface area contributed by atoms with Crippen LogP contribution in [0.15, 0.2) is 29.4 Å². The summed E-state index contributed by atoms with van der Waals surface area (Å²) in [7, 11) is 0. The highest BCUT2D eigenvalue weighted by Crippen LogP contribution is 2.71. The molecule has 2 aliphatic carbocycles. The fourth-order valence-corrected chi connectivity index (χ4v) is 4.76. The predicted octanol–water partition coefficient (Wildman–Crippen LogP) is 4.25. The van der Waals surface area contributed by atoms with Crippen LogP contribution < -0.4 is 5.32 Å². The Hall–Kier alpha value is -2.17. The number of fused-ring (bicyclic) bond motifs is 2. The van der Waals surface area contributed by atoms with Gasteiger partial charge in [-0.2, -0.15) is 0 Å². The van der Waals surface area contributed by atoms with Crippen LogP contribution in [-0.2, 0) is 9.63 Å². The summed E-state index contributed by atoms with van der Waals surface area (Å²) in [6.45, 7) is 12.3. The molecule has 1 aromatic rings. The van der Waals surface area contributed by atoms with Crippen molar-refractivity contribution in [2.24, 2.45) is 21.4 Å². The van der Waals surface area contributed by atoms with Gasteiger partial charge in [-0.3, -0.25) is 4.79 Å². The van der Waals surface area contributed by atoms with Gasteiger partial charge in [-0.25, -0.2) is 4.79 Å². The number of nitrogens with one attached hydrogen (secondary N) is 1. The summed E-state index contributed by atoms with van der Waals surface area (Å²) in [6, 6.07) is 7.31. The third kappa shape index (κ3) is 2.88. The molecule has 0 spiro atoms. The summed E-state index contributed by atoms with van der Waals surface area (Å²) < 4.78 is 0. The quantitative estimate of drug-likeness (QED) is 0.636. The lowest BCUT2D eigenvalue weighted by molar-refractivity contribution is -0.136. The molecule has 0 heterocycles. The molecule has 2 fully saturated rings. The average Bonchev–Trinajstić information content (AvgIpc) is 2.90. The van der Waals surface area contributed by atoms with Crippen LogP contribution >= 0.6 is 0 Å². The summed E-state index contributed by atoms with van der Waals surface area (Å²) >= 11 is 0. The Labute approximate surface area is 161 Å². The molecule has 5 heteroatoms. The first-order valence-electron chi connectivity index (χ1n) is 9.70. The van der Waals surface area contributed by atoms with Crippen LogP contribution in [-0.4, -0.2) is 23.6 Å². The van der Waals surface area contributed by atoms with Gasteiger partial charge in [0.15, 0.2) is 0 Å². The highest BCUT2D eigenvalue weighted by molar-refractivity contribution is 6.02. The Morgan fingerprint density at radius 3 is 2.33 bits per heavy atom. The van der Waals surface area contributed by atoms with Crippen LogP contribution in [0, 0.1) is 23.2 Å². The van der Waals surface area contributed by atoms with E-state index in [0.29, 0.717) is 12.0 Å². The first-order valence-corrected chi connectivity index (χ1v) is 9.70. The Bertz CT molecular complexity index is 794. The largest absolute Gasteiger partial charge is 0.365 e. The van der Waals surface area contributed by atoms with Crippen molar-refractivity contribution in [3.05, 3.63) is 35.4 Å². The summed E-state index contributed by atoms with van der Waals surface area (Å²) in [5.74, 6) is -0.381. The van der Waals surface area contributed by atoms with E-state index in [-0.39, 0.29) is 22.8 Å². The van der Waals surface area contributed by atoms with Crippen molar-refractivity contribution in [3.63, 3.8) is 0 Å². The molecule has 1 N–H and O–H groups in total. The molecule has 2 aliphatic rings. The van der Waals surface area contributed by atoms with E-state index in [2.05, 4.69) is 31.2 Å². The summed E-state index contributed by atoms with van der Waals surface area (Å²) in [4.78, 5) is 30.7. The zero-order chi connectivity index (χ0) is 20.0. The molecule has 0 aromatic heterocycles. The Kier molecular flexibility index (Phi) is 4.69. The Balaban J connectivity index is 1.85. The fraction of sp³-hybridized carbons (Fsp3) is 0.591. The molecule has 2 unspecified atom stereocenters. The third-order valence-corrected chi connectivity index (χ3v) is 7.11. The number of hydrogen-bond donors (Lipinski definition) is 1. The smallest absolute Gasteiger partial charge is 0.353 e. The summed E-state index contributed by atoms with van der Waals surface area (Å²) in [5, 5.41) is 7.36. The molecular weight excluding hydrogens is 340 g/mol. The van der Waals surface area contributed by atoms with Crippen molar-refractivity contribution >= 4 is 17.6 Å². The number of aryl methyl sites for hydroxylation is 1. The van der Waals surface area contributed by atoms with Crippen LogP contribution in [0.1, 0.15) is 69.8 Å². The van der Waals surface area contributed by atoms with Gasteiger partial charge >= 0.3 is 5.97 Å². The van der Waals surface area contributed by atoms with Gasteiger partial charge in [-0.1, -0.05) is 43.6 Å². The number of hydrogen-bond acceptors (Lipinski definition) is 4. The molecular formula is C22H30N2O3. The number of nitrogens with zero attached hydrogens (tertiary/aromatic N) is 1. The van der Waals surface area contributed by atoms with Crippen molar-refractivity contribution in [1.82, 2.24) is 5.32 Å². The SMILES string of the molecule is Cc1ccc(C(=O)O/N=C2/CC3(C(=O)NC(C)C)CCC2(C)C3(C)C)cc1. The number of rotatable bonds is 4. The van der Waals surface area contributed by atoms with Gasteiger partial charge in [0.1, 0.15) is 0 Å².